The maximum atomic E-state index is 12.8. The molecule has 1 aliphatic rings. The SMILES string of the molecule is O=C(Cn1nc(Cc2cccnc2)c2ccccc2c1=O)NC1CCCC1. The molecule has 1 aromatic carbocycles. The zero-order chi connectivity index (χ0) is 18.6. The maximum absolute atomic E-state index is 12.8. The van der Waals surface area contributed by atoms with Gasteiger partial charge in [0.25, 0.3) is 5.56 Å². The first-order valence-corrected chi connectivity index (χ1v) is 9.38. The van der Waals surface area contributed by atoms with Crippen molar-refractivity contribution in [1.82, 2.24) is 20.1 Å². The van der Waals surface area contributed by atoms with Crippen molar-refractivity contribution in [3.63, 3.8) is 0 Å². The summed E-state index contributed by atoms with van der Waals surface area (Å²) in [6.45, 7) is -0.0553. The molecular formula is C21H22N4O2. The smallest absolute Gasteiger partial charge is 0.275 e. The Morgan fingerprint density at radius 3 is 2.63 bits per heavy atom. The van der Waals surface area contributed by atoms with E-state index in [0.29, 0.717) is 11.8 Å². The Hall–Kier alpha value is -3.02. The molecule has 6 heteroatoms. The predicted octanol–water partition coefficient (Wildman–Crippen LogP) is 2.44. The average Bonchev–Trinajstić information content (AvgIpc) is 3.19. The van der Waals surface area contributed by atoms with Crippen molar-refractivity contribution in [2.75, 3.05) is 0 Å². The Bertz CT molecular complexity index is 1010. The van der Waals surface area contributed by atoms with Crippen LogP contribution in [0.2, 0.25) is 0 Å². The predicted molar refractivity (Wildman–Crippen MR) is 103 cm³/mol. The first-order chi connectivity index (χ1) is 13.2. The number of carbonyl (C=O) groups is 1. The molecule has 6 nitrogen and oxygen atoms in total. The van der Waals surface area contributed by atoms with Crippen LogP contribution in [0.4, 0.5) is 0 Å². The molecule has 4 rings (SSSR count). The lowest BCUT2D eigenvalue weighted by atomic mass is 10.1. The Labute approximate surface area is 157 Å². The van der Waals surface area contributed by atoms with E-state index < -0.39 is 0 Å². The van der Waals surface area contributed by atoms with Gasteiger partial charge in [0.15, 0.2) is 0 Å². The fourth-order valence-electron chi connectivity index (χ4n) is 3.72. The first-order valence-electron chi connectivity index (χ1n) is 9.38. The summed E-state index contributed by atoms with van der Waals surface area (Å²) in [5, 5.41) is 8.95. The third-order valence-electron chi connectivity index (χ3n) is 5.05. The van der Waals surface area contributed by atoms with Crippen LogP contribution in [0, 0.1) is 0 Å². The van der Waals surface area contributed by atoms with Crippen LogP contribution in [0.1, 0.15) is 36.9 Å². The number of pyridine rings is 1. The second-order valence-corrected chi connectivity index (χ2v) is 7.04. The van der Waals surface area contributed by atoms with E-state index in [0.717, 1.165) is 42.3 Å². The molecule has 0 bridgehead atoms. The highest BCUT2D eigenvalue weighted by Gasteiger charge is 2.18. The first kappa shape index (κ1) is 17.4. The van der Waals surface area contributed by atoms with Crippen LogP contribution in [0.15, 0.2) is 53.6 Å². The van der Waals surface area contributed by atoms with E-state index in [1.54, 1.807) is 18.5 Å². The third kappa shape index (κ3) is 3.89. The van der Waals surface area contributed by atoms with Gasteiger partial charge in [-0.15, -0.1) is 0 Å². The molecule has 1 N–H and O–H groups in total. The van der Waals surface area contributed by atoms with E-state index in [1.807, 2.05) is 30.3 Å². The molecule has 1 fully saturated rings. The molecule has 1 saturated carbocycles. The van der Waals surface area contributed by atoms with Gasteiger partial charge < -0.3 is 5.32 Å². The second-order valence-electron chi connectivity index (χ2n) is 7.04. The summed E-state index contributed by atoms with van der Waals surface area (Å²) < 4.78 is 1.29. The summed E-state index contributed by atoms with van der Waals surface area (Å²) >= 11 is 0. The molecule has 1 amide bonds. The fourth-order valence-corrected chi connectivity index (χ4v) is 3.72. The maximum Gasteiger partial charge on any atom is 0.275 e. The van der Waals surface area contributed by atoms with Crippen molar-refractivity contribution in [2.45, 2.75) is 44.7 Å². The zero-order valence-corrected chi connectivity index (χ0v) is 15.1. The highest BCUT2D eigenvalue weighted by atomic mass is 16.2. The van der Waals surface area contributed by atoms with Crippen LogP contribution >= 0.6 is 0 Å². The second kappa shape index (κ2) is 7.70. The lowest BCUT2D eigenvalue weighted by Gasteiger charge is -2.14. The molecule has 2 heterocycles. The van der Waals surface area contributed by atoms with Gasteiger partial charge in [-0.25, -0.2) is 4.68 Å². The van der Waals surface area contributed by atoms with Gasteiger partial charge in [0.2, 0.25) is 5.91 Å². The molecule has 0 spiro atoms. The van der Waals surface area contributed by atoms with Crippen molar-refractivity contribution in [1.29, 1.82) is 0 Å². The highest BCUT2D eigenvalue weighted by Crippen LogP contribution is 2.18. The number of fused-ring (bicyclic) bond motifs is 1. The highest BCUT2D eigenvalue weighted by molar-refractivity contribution is 5.84. The van der Waals surface area contributed by atoms with Crippen molar-refractivity contribution >= 4 is 16.7 Å². The van der Waals surface area contributed by atoms with Gasteiger partial charge in [-0.1, -0.05) is 37.1 Å². The lowest BCUT2D eigenvalue weighted by Crippen LogP contribution is -2.38. The number of carbonyl (C=O) groups excluding carboxylic acids is 1. The largest absolute Gasteiger partial charge is 0.352 e. The van der Waals surface area contributed by atoms with Gasteiger partial charge in [-0.2, -0.15) is 5.10 Å². The van der Waals surface area contributed by atoms with Crippen LogP contribution in [0.5, 0.6) is 0 Å². The normalized spacial score (nSPS) is 14.5. The van der Waals surface area contributed by atoms with Gasteiger partial charge in [0.1, 0.15) is 6.54 Å². The lowest BCUT2D eigenvalue weighted by molar-refractivity contribution is -0.122. The summed E-state index contributed by atoms with van der Waals surface area (Å²) in [5.41, 5.74) is 1.55. The number of hydrogen-bond acceptors (Lipinski definition) is 4. The number of aromatic nitrogens is 3. The van der Waals surface area contributed by atoms with Crippen molar-refractivity contribution in [3.05, 3.63) is 70.4 Å². The Morgan fingerprint density at radius 1 is 1.11 bits per heavy atom. The average molecular weight is 362 g/mol. The Kier molecular flexibility index (Phi) is 4.96. The van der Waals surface area contributed by atoms with Crippen molar-refractivity contribution in [2.24, 2.45) is 0 Å². The molecule has 0 atom stereocenters. The minimum absolute atomic E-state index is 0.0553. The van der Waals surface area contributed by atoms with E-state index in [-0.39, 0.29) is 24.1 Å². The van der Waals surface area contributed by atoms with Gasteiger partial charge >= 0.3 is 0 Å². The summed E-state index contributed by atoms with van der Waals surface area (Å²) in [6.07, 6.45) is 8.39. The number of hydrogen-bond donors (Lipinski definition) is 1. The van der Waals surface area contributed by atoms with Gasteiger partial charge in [-0.3, -0.25) is 14.6 Å². The number of nitrogens with one attached hydrogen (secondary N) is 1. The van der Waals surface area contributed by atoms with E-state index in [2.05, 4.69) is 15.4 Å². The number of amides is 1. The van der Waals surface area contributed by atoms with Crippen LogP contribution in [0.3, 0.4) is 0 Å². The molecule has 0 unspecified atom stereocenters. The van der Waals surface area contributed by atoms with Crippen LogP contribution in [-0.2, 0) is 17.8 Å². The van der Waals surface area contributed by atoms with E-state index in [1.165, 1.54) is 4.68 Å². The Balaban J connectivity index is 1.66. The Morgan fingerprint density at radius 2 is 1.89 bits per heavy atom. The van der Waals surface area contributed by atoms with Crippen LogP contribution < -0.4 is 10.9 Å². The molecule has 0 radical (unpaired) electrons. The number of rotatable bonds is 5. The molecular weight excluding hydrogens is 340 g/mol. The van der Waals surface area contributed by atoms with Crippen molar-refractivity contribution in [3.8, 4) is 0 Å². The zero-order valence-electron chi connectivity index (χ0n) is 15.1. The quantitative estimate of drug-likeness (QED) is 0.756. The molecule has 0 aliphatic heterocycles. The molecule has 3 aromatic rings. The summed E-state index contributed by atoms with van der Waals surface area (Å²) in [7, 11) is 0. The molecule has 138 valence electrons. The summed E-state index contributed by atoms with van der Waals surface area (Å²) in [6, 6.07) is 11.5. The van der Waals surface area contributed by atoms with E-state index in [4.69, 9.17) is 0 Å². The minimum Gasteiger partial charge on any atom is -0.352 e. The van der Waals surface area contributed by atoms with Crippen molar-refractivity contribution < 1.29 is 4.79 Å². The topological polar surface area (TPSA) is 76.9 Å². The van der Waals surface area contributed by atoms with Crippen LogP contribution in [0.25, 0.3) is 10.8 Å². The molecule has 27 heavy (non-hydrogen) atoms. The van der Waals surface area contributed by atoms with Gasteiger partial charge in [0.05, 0.1) is 11.1 Å². The number of benzene rings is 1. The van der Waals surface area contributed by atoms with E-state index in [9.17, 15) is 9.59 Å². The molecule has 0 saturated heterocycles. The molecule has 2 aromatic heterocycles. The van der Waals surface area contributed by atoms with Gasteiger partial charge in [-0.05, 0) is 30.5 Å². The summed E-state index contributed by atoms with van der Waals surface area (Å²) in [5.74, 6) is -0.154. The third-order valence-corrected chi connectivity index (χ3v) is 5.05. The standard InChI is InChI=1S/C21H22N4O2/c26-20(23-16-7-1-2-8-16)14-25-21(27)18-10-4-3-9-17(18)19(24-25)12-15-6-5-11-22-13-15/h3-6,9-11,13,16H,1-2,7-8,12,14H2,(H,23,26). The van der Waals surface area contributed by atoms with Gasteiger partial charge in [0, 0.05) is 30.2 Å². The monoisotopic (exact) mass is 362 g/mol. The minimum atomic E-state index is -0.234. The van der Waals surface area contributed by atoms with E-state index >= 15 is 0 Å². The van der Waals surface area contributed by atoms with Crippen LogP contribution in [-0.4, -0.2) is 26.7 Å². The summed E-state index contributed by atoms with van der Waals surface area (Å²) in [4.78, 5) is 29.4. The fraction of sp³-hybridized carbons (Fsp3) is 0.333. The molecule has 1 aliphatic carbocycles. The number of nitrogens with zero attached hydrogens (tertiary/aromatic N) is 3.